The SMILES string of the molecule is Cc1cc(C)c2c3c1B1c4cc(C(C)(C)C)ccc4N(c4ccc(C(C)(C)C)cc4-c4ccc5ccccc5c4)c4cc(N5c6ccc(C(C)(C)C)cc6C6(C)CCCCC56C)cc(c41)N3C1(C)CCCCC21C. The zero-order valence-corrected chi connectivity index (χ0v) is 47.5. The average Bonchev–Trinajstić information content (AvgIpc) is 3.73. The van der Waals surface area contributed by atoms with Gasteiger partial charge in [0.25, 0.3) is 6.71 Å². The predicted octanol–water partition coefficient (Wildman–Crippen LogP) is 17.1. The van der Waals surface area contributed by atoms with Gasteiger partial charge < -0.3 is 14.7 Å². The van der Waals surface area contributed by atoms with Crippen molar-refractivity contribution in [3.63, 3.8) is 0 Å². The van der Waals surface area contributed by atoms with Crippen LogP contribution in [0, 0.1) is 13.8 Å². The third kappa shape index (κ3) is 6.32. The second kappa shape index (κ2) is 15.5. The van der Waals surface area contributed by atoms with Gasteiger partial charge in [-0.2, -0.15) is 0 Å². The summed E-state index contributed by atoms with van der Waals surface area (Å²) < 4.78 is 0. The number of rotatable bonds is 3. The number of nitrogens with zero attached hydrogens (tertiary/aromatic N) is 3. The first-order valence-corrected chi connectivity index (χ1v) is 28.6. The summed E-state index contributed by atoms with van der Waals surface area (Å²) in [5.74, 6) is 0. The van der Waals surface area contributed by atoms with Crippen LogP contribution in [-0.4, -0.2) is 17.8 Å². The molecular formula is C70H80BN3. The zero-order chi connectivity index (χ0) is 52.0. The fourth-order valence-corrected chi connectivity index (χ4v) is 16.3. The lowest BCUT2D eigenvalue weighted by Gasteiger charge is -2.54. The molecule has 2 fully saturated rings. The third-order valence-corrected chi connectivity index (χ3v) is 20.8. The Bertz CT molecular complexity index is 3540. The zero-order valence-electron chi connectivity index (χ0n) is 47.5. The Morgan fingerprint density at radius 2 is 1.03 bits per heavy atom. The van der Waals surface area contributed by atoms with E-state index in [9.17, 15) is 0 Å². The predicted molar refractivity (Wildman–Crippen MR) is 320 cm³/mol. The smallest absolute Gasteiger partial charge is 0.252 e. The van der Waals surface area contributed by atoms with Crippen molar-refractivity contribution >= 4 is 73.7 Å². The van der Waals surface area contributed by atoms with Gasteiger partial charge in [-0.25, -0.2) is 0 Å². The van der Waals surface area contributed by atoms with Gasteiger partial charge in [0.1, 0.15) is 0 Å². The largest absolute Gasteiger partial charge is 0.335 e. The monoisotopic (exact) mass is 974 g/mol. The molecule has 2 saturated carbocycles. The molecule has 4 atom stereocenters. The summed E-state index contributed by atoms with van der Waals surface area (Å²) in [6, 6.07) is 46.7. The second-order valence-corrected chi connectivity index (χ2v) is 28.2. The van der Waals surface area contributed by atoms with Crippen molar-refractivity contribution in [3.8, 4) is 11.1 Å². The summed E-state index contributed by atoms with van der Waals surface area (Å²) in [6.45, 7) is 37.0. The molecule has 7 aromatic carbocycles. The Hall–Kier alpha value is -5.74. The van der Waals surface area contributed by atoms with Crippen LogP contribution in [0.4, 0.5) is 39.8 Å². The normalized spacial score (nSPS) is 24.6. The van der Waals surface area contributed by atoms with Gasteiger partial charge in [0.05, 0.1) is 16.8 Å². The molecule has 74 heavy (non-hydrogen) atoms. The standard InChI is InChI=1S/C70H80BN3/c1-43-36-44(2)61-63-60(43)68(13)33-19-21-35-70(68,15)74(63)59-42-51(73-56-30-27-49(65(6,7)8)39-53(56)67(12)32-18-20-34-69(67,73)14)41-58-62(59)71(61)54-40-50(66(9,10)11)28-31-57(54)72(58)55-29-26-48(64(3,4)5)38-52(55)47-25-24-45-22-16-17-23-46(45)37-47/h16-17,22-31,36-42H,18-21,32-35H2,1-15H3. The minimum absolute atomic E-state index is 0.00281. The lowest BCUT2D eigenvalue weighted by molar-refractivity contribution is 0.193. The van der Waals surface area contributed by atoms with Gasteiger partial charge in [0.15, 0.2) is 0 Å². The molecule has 2 aliphatic carbocycles. The fourth-order valence-electron chi connectivity index (χ4n) is 16.3. The maximum atomic E-state index is 2.99. The van der Waals surface area contributed by atoms with E-state index in [2.05, 4.69) is 234 Å². The summed E-state index contributed by atoms with van der Waals surface area (Å²) in [4.78, 5) is 8.63. The van der Waals surface area contributed by atoms with Crippen molar-refractivity contribution < 1.29 is 0 Å². The molecule has 0 saturated heterocycles. The van der Waals surface area contributed by atoms with Gasteiger partial charge in [-0.1, -0.05) is 180 Å². The minimum atomic E-state index is -0.118. The first-order valence-electron chi connectivity index (χ1n) is 28.6. The molecule has 0 N–H and O–H groups in total. The van der Waals surface area contributed by atoms with E-state index in [1.165, 1.54) is 156 Å². The van der Waals surface area contributed by atoms with Crippen molar-refractivity contribution in [3.05, 3.63) is 154 Å². The molecule has 4 aliphatic heterocycles. The molecule has 4 unspecified atom stereocenters. The number of aryl methyl sites for hydroxylation is 2. The molecule has 0 spiro atoms. The molecule has 0 aromatic heterocycles. The molecule has 0 radical (unpaired) electrons. The van der Waals surface area contributed by atoms with E-state index in [1.54, 1.807) is 5.56 Å². The van der Waals surface area contributed by atoms with Crippen LogP contribution < -0.4 is 31.1 Å². The summed E-state index contributed by atoms with van der Waals surface area (Å²) in [7, 11) is 0. The molecule has 4 heteroatoms. The van der Waals surface area contributed by atoms with Gasteiger partial charge >= 0.3 is 0 Å². The summed E-state index contributed by atoms with van der Waals surface area (Å²) in [6.07, 6.45) is 9.77. The topological polar surface area (TPSA) is 9.72 Å². The maximum absolute atomic E-state index is 2.99. The summed E-state index contributed by atoms with van der Waals surface area (Å²) >= 11 is 0. The average molecular weight is 974 g/mol. The summed E-state index contributed by atoms with van der Waals surface area (Å²) in [5, 5.41) is 2.54. The summed E-state index contributed by atoms with van der Waals surface area (Å²) in [5.41, 5.74) is 26.5. The van der Waals surface area contributed by atoms with Crippen LogP contribution in [0.1, 0.15) is 180 Å². The van der Waals surface area contributed by atoms with Crippen LogP contribution in [0.15, 0.2) is 115 Å². The quantitative estimate of drug-likeness (QED) is 0.163. The van der Waals surface area contributed by atoms with E-state index < -0.39 is 0 Å². The van der Waals surface area contributed by atoms with E-state index in [1.807, 2.05) is 0 Å². The van der Waals surface area contributed by atoms with Gasteiger partial charge in [0, 0.05) is 50.5 Å². The highest BCUT2D eigenvalue weighted by Gasteiger charge is 2.63. The van der Waals surface area contributed by atoms with E-state index in [0.717, 1.165) is 6.42 Å². The minimum Gasteiger partial charge on any atom is -0.335 e. The number of hydrogen-bond donors (Lipinski definition) is 0. The molecular weight excluding hydrogens is 894 g/mol. The molecule has 378 valence electrons. The Kier molecular flexibility index (Phi) is 10.0. The molecule has 13 rings (SSSR count). The Morgan fingerprint density at radius 3 is 1.70 bits per heavy atom. The lowest BCUT2D eigenvalue weighted by atomic mass is 9.32. The first kappa shape index (κ1) is 47.9. The molecule has 3 nitrogen and oxygen atoms in total. The Morgan fingerprint density at radius 1 is 0.459 bits per heavy atom. The highest BCUT2D eigenvalue weighted by Crippen LogP contribution is 2.66. The van der Waals surface area contributed by atoms with Crippen LogP contribution >= 0.6 is 0 Å². The van der Waals surface area contributed by atoms with Crippen LogP contribution in [0.2, 0.25) is 0 Å². The van der Waals surface area contributed by atoms with Crippen molar-refractivity contribution in [2.45, 2.75) is 193 Å². The molecule has 6 aliphatic rings. The van der Waals surface area contributed by atoms with Crippen LogP contribution in [-0.2, 0) is 27.1 Å². The van der Waals surface area contributed by atoms with Gasteiger partial charge in [-0.05, 0) is 178 Å². The van der Waals surface area contributed by atoms with Crippen molar-refractivity contribution in [2.24, 2.45) is 0 Å². The van der Waals surface area contributed by atoms with Crippen molar-refractivity contribution in [1.82, 2.24) is 0 Å². The van der Waals surface area contributed by atoms with Gasteiger partial charge in [-0.15, -0.1) is 0 Å². The number of anilines is 7. The fraction of sp³-hybridized carbons (Fsp3) is 0.429. The molecule has 0 amide bonds. The lowest BCUT2D eigenvalue weighted by Crippen LogP contribution is -2.65. The first-order chi connectivity index (χ1) is 34.9. The van der Waals surface area contributed by atoms with Crippen molar-refractivity contribution in [2.75, 3.05) is 14.7 Å². The van der Waals surface area contributed by atoms with E-state index in [4.69, 9.17) is 0 Å². The van der Waals surface area contributed by atoms with Crippen LogP contribution in [0.5, 0.6) is 0 Å². The van der Waals surface area contributed by atoms with E-state index in [-0.39, 0.29) is 44.9 Å². The Balaban J connectivity index is 1.18. The number of benzene rings is 7. The molecule has 4 heterocycles. The van der Waals surface area contributed by atoms with E-state index >= 15 is 0 Å². The van der Waals surface area contributed by atoms with E-state index in [0.29, 0.717) is 0 Å². The van der Waals surface area contributed by atoms with Crippen LogP contribution in [0.3, 0.4) is 0 Å². The van der Waals surface area contributed by atoms with Gasteiger partial charge in [-0.3, -0.25) is 0 Å². The van der Waals surface area contributed by atoms with Crippen LogP contribution in [0.25, 0.3) is 21.9 Å². The number of fused-ring (bicyclic) bond motifs is 11. The second-order valence-electron chi connectivity index (χ2n) is 28.2. The molecule has 0 bridgehead atoms. The maximum Gasteiger partial charge on any atom is 0.252 e. The Labute approximate surface area is 444 Å². The highest BCUT2D eigenvalue weighted by atomic mass is 15.3. The third-order valence-electron chi connectivity index (χ3n) is 20.8. The number of hydrogen-bond acceptors (Lipinski definition) is 3. The van der Waals surface area contributed by atoms with Gasteiger partial charge in [0.2, 0.25) is 0 Å². The highest BCUT2D eigenvalue weighted by molar-refractivity contribution is 7.00. The van der Waals surface area contributed by atoms with Crippen molar-refractivity contribution in [1.29, 1.82) is 0 Å². The molecule has 7 aromatic rings.